The van der Waals surface area contributed by atoms with Crippen LogP contribution in [0.15, 0.2) is 30.3 Å². The van der Waals surface area contributed by atoms with Gasteiger partial charge in [-0.25, -0.2) is 4.79 Å². The summed E-state index contributed by atoms with van der Waals surface area (Å²) in [7, 11) is 0. The van der Waals surface area contributed by atoms with Gasteiger partial charge in [-0.15, -0.1) is 0 Å². The minimum Gasteiger partial charge on any atom is -0.445 e. The van der Waals surface area contributed by atoms with E-state index in [1.807, 2.05) is 35.2 Å². The lowest BCUT2D eigenvalue weighted by Gasteiger charge is -2.25. The smallest absolute Gasteiger partial charge is 0.410 e. The summed E-state index contributed by atoms with van der Waals surface area (Å²) in [5.74, 6) is 0. The van der Waals surface area contributed by atoms with Crippen LogP contribution in [0.1, 0.15) is 25.8 Å². The molecule has 0 spiro atoms. The normalized spacial score (nSPS) is 18.6. The van der Waals surface area contributed by atoms with E-state index in [4.69, 9.17) is 4.74 Å². The van der Waals surface area contributed by atoms with Crippen LogP contribution in [0.2, 0.25) is 0 Å². The number of carbonyl (C=O) groups is 1. The standard InChI is InChI=1S/C16H24N2O2/c1-3-17(4-2)15-10-11-18(12-15)16(19)20-13-14-8-6-5-7-9-14/h5-9,15H,3-4,10-13H2,1-2H3. The average molecular weight is 276 g/mol. The Bertz CT molecular complexity index is 418. The van der Waals surface area contributed by atoms with Crippen LogP contribution < -0.4 is 0 Å². The molecule has 1 fully saturated rings. The molecule has 1 saturated heterocycles. The first kappa shape index (κ1) is 14.9. The van der Waals surface area contributed by atoms with Crippen LogP contribution >= 0.6 is 0 Å². The van der Waals surface area contributed by atoms with Gasteiger partial charge in [0, 0.05) is 19.1 Å². The first-order chi connectivity index (χ1) is 9.74. The van der Waals surface area contributed by atoms with Gasteiger partial charge in [0.1, 0.15) is 6.61 Å². The van der Waals surface area contributed by atoms with E-state index in [0.29, 0.717) is 12.6 Å². The highest BCUT2D eigenvalue weighted by molar-refractivity contribution is 5.68. The van der Waals surface area contributed by atoms with E-state index in [0.717, 1.165) is 38.2 Å². The van der Waals surface area contributed by atoms with Gasteiger partial charge in [0.15, 0.2) is 0 Å². The van der Waals surface area contributed by atoms with Crippen molar-refractivity contribution < 1.29 is 9.53 Å². The van der Waals surface area contributed by atoms with E-state index < -0.39 is 0 Å². The molecule has 2 rings (SSSR count). The molecule has 1 atom stereocenters. The second-order valence-corrected chi connectivity index (χ2v) is 5.15. The predicted molar refractivity (Wildman–Crippen MR) is 79.5 cm³/mol. The van der Waals surface area contributed by atoms with Crippen LogP contribution in [0.5, 0.6) is 0 Å². The summed E-state index contributed by atoms with van der Waals surface area (Å²) in [4.78, 5) is 16.3. The van der Waals surface area contributed by atoms with Crippen LogP contribution in [0.25, 0.3) is 0 Å². The third-order valence-electron chi connectivity index (χ3n) is 3.96. The molecule has 4 heteroatoms. The van der Waals surface area contributed by atoms with Crippen molar-refractivity contribution in [2.24, 2.45) is 0 Å². The molecule has 0 bridgehead atoms. The topological polar surface area (TPSA) is 32.8 Å². The fourth-order valence-electron chi connectivity index (χ4n) is 2.76. The highest BCUT2D eigenvalue weighted by Gasteiger charge is 2.29. The van der Waals surface area contributed by atoms with E-state index in [1.54, 1.807) is 0 Å². The number of hydrogen-bond donors (Lipinski definition) is 0. The van der Waals surface area contributed by atoms with Crippen molar-refractivity contribution in [3.8, 4) is 0 Å². The molecule has 0 aromatic heterocycles. The molecule has 1 aliphatic heterocycles. The molecule has 0 N–H and O–H groups in total. The number of ether oxygens (including phenoxy) is 1. The molecule has 110 valence electrons. The number of likely N-dealkylation sites (tertiary alicyclic amines) is 1. The summed E-state index contributed by atoms with van der Waals surface area (Å²) in [5, 5.41) is 0. The van der Waals surface area contributed by atoms with Gasteiger partial charge in [-0.3, -0.25) is 4.90 Å². The first-order valence-electron chi connectivity index (χ1n) is 7.44. The van der Waals surface area contributed by atoms with Crippen LogP contribution in [-0.4, -0.2) is 48.1 Å². The third-order valence-corrected chi connectivity index (χ3v) is 3.96. The molecule has 0 radical (unpaired) electrons. The van der Waals surface area contributed by atoms with Crippen molar-refractivity contribution in [2.75, 3.05) is 26.2 Å². The molecule has 20 heavy (non-hydrogen) atoms. The summed E-state index contributed by atoms with van der Waals surface area (Å²) in [5.41, 5.74) is 1.03. The van der Waals surface area contributed by atoms with Gasteiger partial charge in [0.2, 0.25) is 0 Å². The molecular weight excluding hydrogens is 252 g/mol. The van der Waals surface area contributed by atoms with E-state index in [9.17, 15) is 4.79 Å². The number of nitrogens with zero attached hydrogens (tertiary/aromatic N) is 2. The Morgan fingerprint density at radius 2 is 2.00 bits per heavy atom. The lowest BCUT2D eigenvalue weighted by Crippen LogP contribution is -2.38. The quantitative estimate of drug-likeness (QED) is 0.829. The van der Waals surface area contributed by atoms with Gasteiger partial charge in [0.25, 0.3) is 0 Å². The zero-order valence-corrected chi connectivity index (χ0v) is 12.4. The van der Waals surface area contributed by atoms with Crippen molar-refractivity contribution in [1.82, 2.24) is 9.80 Å². The number of benzene rings is 1. The minimum absolute atomic E-state index is 0.191. The molecule has 0 aliphatic carbocycles. The maximum absolute atomic E-state index is 12.0. The van der Waals surface area contributed by atoms with E-state index in [-0.39, 0.29) is 6.09 Å². The number of amides is 1. The molecule has 1 aromatic rings. The molecule has 4 nitrogen and oxygen atoms in total. The fourth-order valence-corrected chi connectivity index (χ4v) is 2.76. The van der Waals surface area contributed by atoms with Gasteiger partial charge in [0.05, 0.1) is 0 Å². The number of likely N-dealkylation sites (N-methyl/N-ethyl adjacent to an activating group) is 1. The first-order valence-corrected chi connectivity index (χ1v) is 7.44. The minimum atomic E-state index is -0.191. The Kier molecular flexibility index (Phi) is 5.41. The zero-order valence-electron chi connectivity index (χ0n) is 12.4. The molecule has 1 aromatic carbocycles. The van der Waals surface area contributed by atoms with E-state index in [1.165, 1.54) is 0 Å². The lowest BCUT2D eigenvalue weighted by molar-refractivity contribution is 0.100. The summed E-state index contributed by atoms with van der Waals surface area (Å²) in [6.45, 7) is 8.35. The molecule has 1 aliphatic rings. The third kappa shape index (κ3) is 3.73. The molecule has 1 heterocycles. The Balaban J connectivity index is 1.79. The highest BCUT2D eigenvalue weighted by atomic mass is 16.6. The van der Waals surface area contributed by atoms with Gasteiger partial charge in [-0.05, 0) is 25.1 Å². The van der Waals surface area contributed by atoms with Crippen LogP contribution in [0, 0.1) is 0 Å². The molecular formula is C16H24N2O2. The molecule has 1 unspecified atom stereocenters. The number of carbonyl (C=O) groups excluding carboxylic acids is 1. The molecule has 0 saturated carbocycles. The summed E-state index contributed by atoms with van der Waals surface area (Å²) < 4.78 is 5.38. The van der Waals surface area contributed by atoms with Crippen molar-refractivity contribution in [1.29, 1.82) is 0 Å². The Hall–Kier alpha value is -1.55. The average Bonchev–Trinajstić information content (AvgIpc) is 2.97. The molecule has 1 amide bonds. The fraction of sp³-hybridized carbons (Fsp3) is 0.562. The van der Waals surface area contributed by atoms with Crippen molar-refractivity contribution >= 4 is 6.09 Å². The largest absolute Gasteiger partial charge is 0.445 e. The summed E-state index contributed by atoms with van der Waals surface area (Å²) in [6, 6.07) is 10.3. The summed E-state index contributed by atoms with van der Waals surface area (Å²) in [6.07, 6.45) is 0.853. The maximum atomic E-state index is 12.0. The number of hydrogen-bond acceptors (Lipinski definition) is 3. The second kappa shape index (κ2) is 7.29. The van der Waals surface area contributed by atoms with Crippen LogP contribution in [0.3, 0.4) is 0 Å². The maximum Gasteiger partial charge on any atom is 0.410 e. The van der Waals surface area contributed by atoms with Gasteiger partial charge in [-0.1, -0.05) is 44.2 Å². The summed E-state index contributed by atoms with van der Waals surface area (Å²) >= 11 is 0. The second-order valence-electron chi connectivity index (χ2n) is 5.15. The zero-order chi connectivity index (χ0) is 14.4. The SMILES string of the molecule is CCN(CC)C1CCN(C(=O)OCc2ccccc2)C1. The Morgan fingerprint density at radius 1 is 1.30 bits per heavy atom. The van der Waals surface area contributed by atoms with Crippen LogP contribution in [0.4, 0.5) is 4.79 Å². The monoisotopic (exact) mass is 276 g/mol. The van der Waals surface area contributed by atoms with Gasteiger partial charge >= 0.3 is 6.09 Å². The number of rotatable bonds is 5. The van der Waals surface area contributed by atoms with Crippen molar-refractivity contribution in [2.45, 2.75) is 32.9 Å². The van der Waals surface area contributed by atoms with Gasteiger partial charge < -0.3 is 9.64 Å². The lowest BCUT2D eigenvalue weighted by atomic mass is 10.2. The predicted octanol–water partition coefficient (Wildman–Crippen LogP) is 2.74. The van der Waals surface area contributed by atoms with E-state index >= 15 is 0 Å². The highest BCUT2D eigenvalue weighted by Crippen LogP contribution is 2.16. The van der Waals surface area contributed by atoms with Crippen LogP contribution in [-0.2, 0) is 11.3 Å². The van der Waals surface area contributed by atoms with E-state index in [2.05, 4.69) is 18.7 Å². The van der Waals surface area contributed by atoms with Crippen molar-refractivity contribution in [3.05, 3.63) is 35.9 Å². The van der Waals surface area contributed by atoms with Crippen molar-refractivity contribution in [3.63, 3.8) is 0 Å². The van der Waals surface area contributed by atoms with Gasteiger partial charge in [-0.2, -0.15) is 0 Å². The Labute approximate surface area is 121 Å². The Morgan fingerprint density at radius 3 is 2.65 bits per heavy atom.